The van der Waals surface area contributed by atoms with Crippen LogP contribution in [0.4, 0.5) is 9.59 Å². The molecule has 11 heteroatoms. The molecule has 274 valence electrons. The van der Waals surface area contributed by atoms with E-state index in [2.05, 4.69) is 55.7 Å². The highest BCUT2D eigenvalue weighted by Gasteiger charge is 2.50. The predicted octanol–water partition coefficient (Wildman–Crippen LogP) is 6.28. The molecule has 0 saturated carbocycles. The molecular formula is C40H53N3O7Si. The van der Waals surface area contributed by atoms with Crippen LogP contribution in [0.25, 0.3) is 0 Å². The first-order valence-electron chi connectivity index (χ1n) is 17.5. The van der Waals surface area contributed by atoms with Crippen LogP contribution in [0.2, 0.25) is 5.04 Å². The number of carbonyl (C=O) groups excluding carboxylic acids is 4. The zero-order valence-electron chi connectivity index (χ0n) is 31.4. The second kappa shape index (κ2) is 15.8. The number of alkyl carbamates (subject to hydrolysis) is 2. The maximum atomic E-state index is 13.4. The van der Waals surface area contributed by atoms with E-state index in [0.29, 0.717) is 11.1 Å². The molecule has 2 N–H and O–H groups in total. The molecule has 4 rings (SSSR count). The number of amides is 4. The molecule has 1 unspecified atom stereocenters. The Morgan fingerprint density at radius 1 is 0.686 bits per heavy atom. The molecule has 0 spiro atoms. The van der Waals surface area contributed by atoms with Crippen LogP contribution in [-0.4, -0.2) is 74.2 Å². The third kappa shape index (κ3) is 10.1. The molecule has 1 aliphatic heterocycles. The number of hydrogen-bond acceptors (Lipinski definition) is 7. The summed E-state index contributed by atoms with van der Waals surface area (Å²) in [7, 11) is -3.00. The van der Waals surface area contributed by atoms with Crippen molar-refractivity contribution in [3.05, 3.63) is 96.1 Å². The zero-order chi connectivity index (χ0) is 37.6. The van der Waals surface area contributed by atoms with E-state index in [4.69, 9.17) is 13.9 Å². The van der Waals surface area contributed by atoms with Gasteiger partial charge in [0.1, 0.15) is 11.2 Å². The molecular weight excluding hydrogens is 663 g/mol. The van der Waals surface area contributed by atoms with Gasteiger partial charge in [-0.2, -0.15) is 0 Å². The molecule has 0 fully saturated rings. The van der Waals surface area contributed by atoms with E-state index in [1.807, 2.05) is 36.4 Å². The summed E-state index contributed by atoms with van der Waals surface area (Å²) in [5, 5.41) is 7.70. The predicted molar refractivity (Wildman–Crippen MR) is 201 cm³/mol. The van der Waals surface area contributed by atoms with E-state index in [-0.39, 0.29) is 31.2 Å². The quantitative estimate of drug-likeness (QED) is 0.167. The van der Waals surface area contributed by atoms with E-state index in [1.165, 1.54) is 0 Å². The minimum atomic E-state index is -3.00. The van der Waals surface area contributed by atoms with E-state index in [1.54, 1.807) is 65.8 Å². The van der Waals surface area contributed by atoms with Crippen LogP contribution in [0, 0.1) is 5.92 Å². The molecule has 3 aromatic carbocycles. The standard InChI is InChI=1S/C40H53N3O7Si/c1-38(2,3)49-36(46)41-25-28(27-48-51(40(7,8)9,30-18-12-10-13-19-30)31-20-14-11-15-21-31)24-29(42-37(47)50-39(4,5)6)26-43-34(44)32-22-16-17-23-33(32)35(43)45/h10-23,28-29H,24-27H2,1-9H3,(H,41,46)(H,42,47)/t28?,29-/m1/s1. The lowest BCUT2D eigenvalue weighted by molar-refractivity contribution is 0.0440. The normalized spacial score (nSPS) is 14.8. The summed E-state index contributed by atoms with van der Waals surface area (Å²) in [6.07, 6.45) is -1.04. The Labute approximate surface area is 303 Å². The van der Waals surface area contributed by atoms with Gasteiger partial charge in [-0.25, -0.2) is 9.59 Å². The van der Waals surface area contributed by atoms with Gasteiger partial charge in [-0.1, -0.05) is 93.6 Å². The summed E-state index contributed by atoms with van der Waals surface area (Å²) in [6.45, 7) is 17.4. The van der Waals surface area contributed by atoms with Crippen LogP contribution in [0.3, 0.4) is 0 Å². The monoisotopic (exact) mass is 715 g/mol. The second-order valence-corrected chi connectivity index (χ2v) is 20.4. The first-order chi connectivity index (χ1) is 23.8. The van der Waals surface area contributed by atoms with Gasteiger partial charge >= 0.3 is 12.2 Å². The van der Waals surface area contributed by atoms with Crippen LogP contribution in [-0.2, 0) is 13.9 Å². The average Bonchev–Trinajstić information content (AvgIpc) is 3.27. The van der Waals surface area contributed by atoms with E-state index in [9.17, 15) is 19.2 Å². The number of benzene rings is 3. The van der Waals surface area contributed by atoms with Crippen molar-refractivity contribution >= 4 is 42.7 Å². The highest BCUT2D eigenvalue weighted by atomic mass is 28.4. The summed E-state index contributed by atoms with van der Waals surface area (Å²) >= 11 is 0. The highest BCUT2D eigenvalue weighted by Crippen LogP contribution is 2.37. The van der Waals surface area contributed by atoms with Gasteiger partial charge in [-0.3, -0.25) is 14.5 Å². The fourth-order valence-electron chi connectivity index (χ4n) is 6.44. The van der Waals surface area contributed by atoms with Crippen molar-refractivity contribution in [2.75, 3.05) is 19.7 Å². The molecule has 1 aliphatic rings. The fourth-order valence-corrected chi connectivity index (χ4v) is 11.1. The van der Waals surface area contributed by atoms with Crippen molar-refractivity contribution in [2.45, 2.75) is 91.0 Å². The van der Waals surface area contributed by atoms with Crippen molar-refractivity contribution in [1.82, 2.24) is 15.5 Å². The van der Waals surface area contributed by atoms with E-state index >= 15 is 0 Å². The minimum Gasteiger partial charge on any atom is -0.444 e. The van der Waals surface area contributed by atoms with Gasteiger partial charge in [-0.05, 0) is 75.5 Å². The number of nitrogens with one attached hydrogen (secondary N) is 2. The number of imide groups is 1. The minimum absolute atomic E-state index is 0.103. The molecule has 0 saturated heterocycles. The molecule has 2 atom stereocenters. The van der Waals surface area contributed by atoms with Gasteiger partial charge in [0.15, 0.2) is 0 Å². The van der Waals surface area contributed by atoms with Crippen molar-refractivity contribution in [1.29, 1.82) is 0 Å². The zero-order valence-corrected chi connectivity index (χ0v) is 32.4. The van der Waals surface area contributed by atoms with Gasteiger partial charge in [0.25, 0.3) is 20.1 Å². The second-order valence-electron chi connectivity index (χ2n) is 16.1. The number of fused-ring (bicyclic) bond motifs is 1. The number of nitrogens with zero attached hydrogens (tertiary/aromatic N) is 1. The molecule has 0 bridgehead atoms. The van der Waals surface area contributed by atoms with Crippen LogP contribution in [0.1, 0.15) is 89.5 Å². The summed E-state index contributed by atoms with van der Waals surface area (Å²) in [5.74, 6) is -1.26. The maximum Gasteiger partial charge on any atom is 0.407 e. The number of carbonyl (C=O) groups is 4. The molecule has 51 heavy (non-hydrogen) atoms. The lowest BCUT2D eigenvalue weighted by Gasteiger charge is -2.44. The lowest BCUT2D eigenvalue weighted by Crippen LogP contribution is -2.67. The van der Waals surface area contributed by atoms with Crippen molar-refractivity contribution in [2.24, 2.45) is 5.92 Å². The fraction of sp³-hybridized carbons (Fsp3) is 0.450. The van der Waals surface area contributed by atoms with Gasteiger partial charge in [-0.15, -0.1) is 0 Å². The summed E-state index contributed by atoms with van der Waals surface area (Å²) in [5.41, 5.74) is -0.862. The maximum absolute atomic E-state index is 13.4. The molecule has 1 heterocycles. The molecule has 4 amide bonds. The van der Waals surface area contributed by atoms with Gasteiger partial charge in [0.05, 0.1) is 17.2 Å². The lowest BCUT2D eigenvalue weighted by atomic mass is 10.00. The number of hydrogen-bond donors (Lipinski definition) is 2. The Morgan fingerprint density at radius 2 is 1.14 bits per heavy atom. The average molecular weight is 716 g/mol. The Balaban J connectivity index is 1.71. The van der Waals surface area contributed by atoms with Crippen molar-refractivity contribution < 1.29 is 33.1 Å². The van der Waals surface area contributed by atoms with E-state index in [0.717, 1.165) is 15.3 Å². The smallest absolute Gasteiger partial charge is 0.407 e. The van der Waals surface area contributed by atoms with Crippen molar-refractivity contribution in [3.63, 3.8) is 0 Å². The van der Waals surface area contributed by atoms with Crippen LogP contribution in [0.15, 0.2) is 84.9 Å². The molecule has 0 aromatic heterocycles. The summed E-state index contributed by atoms with van der Waals surface area (Å²) in [6, 6.07) is 26.4. The molecule has 10 nitrogen and oxygen atoms in total. The molecule has 0 radical (unpaired) electrons. The van der Waals surface area contributed by atoms with Gasteiger partial charge in [0.2, 0.25) is 0 Å². The molecule has 0 aliphatic carbocycles. The van der Waals surface area contributed by atoms with Crippen LogP contribution in [0.5, 0.6) is 0 Å². The summed E-state index contributed by atoms with van der Waals surface area (Å²) < 4.78 is 18.4. The Hall–Kier alpha value is -4.48. The van der Waals surface area contributed by atoms with Crippen LogP contribution >= 0.6 is 0 Å². The van der Waals surface area contributed by atoms with Crippen LogP contribution < -0.4 is 21.0 Å². The van der Waals surface area contributed by atoms with Crippen molar-refractivity contribution in [3.8, 4) is 0 Å². The molecule has 3 aromatic rings. The highest BCUT2D eigenvalue weighted by molar-refractivity contribution is 6.99. The Bertz CT molecular complexity index is 1600. The topological polar surface area (TPSA) is 123 Å². The first-order valence-corrected chi connectivity index (χ1v) is 19.4. The van der Waals surface area contributed by atoms with Gasteiger partial charge < -0.3 is 24.5 Å². The summed E-state index contributed by atoms with van der Waals surface area (Å²) in [4.78, 5) is 54.2. The van der Waals surface area contributed by atoms with E-state index < -0.39 is 55.5 Å². The SMILES string of the molecule is CC(C)(C)OC(=O)NCC(CO[Si](c1ccccc1)(c1ccccc1)C(C)(C)C)C[C@H](CN1C(=O)c2ccccc2C1=O)NC(=O)OC(C)(C)C. The third-order valence-corrected chi connectivity index (χ3v) is 13.5. The first kappa shape index (κ1) is 39.3. The Morgan fingerprint density at radius 3 is 1.59 bits per heavy atom. The Kier molecular flexibility index (Phi) is 12.2. The largest absolute Gasteiger partial charge is 0.444 e. The third-order valence-electron chi connectivity index (χ3n) is 8.51. The number of ether oxygens (including phenoxy) is 2. The van der Waals surface area contributed by atoms with Gasteiger partial charge in [0, 0.05) is 25.6 Å². The number of rotatable bonds is 12.